The highest BCUT2D eigenvalue weighted by atomic mass is 32.2. The van der Waals surface area contributed by atoms with E-state index in [4.69, 9.17) is 9.66 Å². The predicted octanol–water partition coefficient (Wildman–Crippen LogP) is 0.872. The third-order valence-electron chi connectivity index (χ3n) is 5.10. The van der Waals surface area contributed by atoms with Gasteiger partial charge in [-0.15, -0.1) is 0 Å². The van der Waals surface area contributed by atoms with Crippen molar-refractivity contribution in [1.82, 2.24) is 19.7 Å². The average molecular weight is 422 g/mol. The molecule has 0 unspecified atom stereocenters. The second kappa shape index (κ2) is 7.71. The molecule has 1 aliphatic carbocycles. The summed E-state index contributed by atoms with van der Waals surface area (Å²) in [5.74, 6) is 1.08. The Hall–Kier alpha value is -2.54. The lowest BCUT2D eigenvalue weighted by atomic mass is 10.1. The van der Waals surface area contributed by atoms with E-state index in [1.54, 1.807) is 0 Å². The van der Waals surface area contributed by atoms with Gasteiger partial charge in [0.2, 0.25) is 0 Å². The van der Waals surface area contributed by atoms with Crippen molar-refractivity contribution in [3.05, 3.63) is 36.1 Å². The second-order valence-corrected chi connectivity index (χ2v) is 8.42. The Bertz CT molecular complexity index is 1110. The fraction of sp³-hybridized carbons (Fsp3) is 0.471. The van der Waals surface area contributed by atoms with Crippen molar-refractivity contribution in [1.29, 1.82) is 0 Å². The molecule has 4 N–H and O–H groups in total. The van der Waals surface area contributed by atoms with Crippen LogP contribution in [0.5, 0.6) is 0 Å². The van der Waals surface area contributed by atoms with Crippen molar-refractivity contribution in [2.24, 2.45) is 11.1 Å². The molecular formula is C17H22N6O5S. The van der Waals surface area contributed by atoms with Crippen LogP contribution in [0.25, 0.3) is 11.0 Å². The summed E-state index contributed by atoms with van der Waals surface area (Å²) in [6, 6.07) is 3.71. The lowest BCUT2D eigenvalue weighted by molar-refractivity contribution is 0.100. The molecule has 0 bridgehead atoms. The van der Waals surface area contributed by atoms with Crippen molar-refractivity contribution >= 4 is 27.2 Å². The van der Waals surface area contributed by atoms with Crippen LogP contribution in [-0.2, 0) is 21.0 Å². The molecule has 12 heteroatoms. The lowest BCUT2D eigenvalue weighted by Crippen LogP contribution is -2.24. The van der Waals surface area contributed by atoms with Gasteiger partial charge in [-0.1, -0.05) is 5.16 Å². The van der Waals surface area contributed by atoms with Gasteiger partial charge in [0.25, 0.3) is 0 Å². The second-order valence-electron chi connectivity index (χ2n) is 7.19. The molecule has 1 aliphatic rings. The van der Waals surface area contributed by atoms with Gasteiger partial charge in [-0.05, 0) is 25.8 Å². The van der Waals surface area contributed by atoms with Gasteiger partial charge in [0, 0.05) is 24.2 Å². The molecule has 0 spiro atoms. The highest BCUT2D eigenvalue weighted by Crippen LogP contribution is 2.37. The molecule has 3 aromatic rings. The van der Waals surface area contributed by atoms with E-state index in [0.717, 1.165) is 22.5 Å². The first kappa shape index (κ1) is 19.8. The number of aromatic nitrogens is 4. The molecule has 0 saturated heterocycles. The number of aliphatic hydroxyl groups is 1. The molecule has 1 fully saturated rings. The summed E-state index contributed by atoms with van der Waals surface area (Å²) >= 11 is 0. The molecule has 3 atom stereocenters. The summed E-state index contributed by atoms with van der Waals surface area (Å²) in [5, 5.41) is 23.2. The van der Waals surface area contributed by atoms with E-state index >= 15 is 0 Å². The van der Waals surface area contributed by atoms with Crippen molar-refractivity contribution in [2.75, 3.05) is 11.9 Å². The Morgan fingerprint density at radius 2 is 2.24 bits per heavy atom. The number of hydrogen-bond donors (Lipinski definition) is 3. The van der Waals surface area contributed by atoms with Gasteiger partial charge in [-0.2, -0.15) is 8.42 Å². The Morgan fingerprint density at radius 3 is 2.97 bits per heavy atom. The normalized spacial score (nSPS) is 22.4. The standard InChI is InChI=1S/C17H22N6O5S/c1-10-4-12(22-28-10)7-19-16-14-2-3-23(17(14)21-9-20-16)13-5-11(15(24)6-13)8-27-29(18,25)26/h2-4,9,11,13,15,24H,5-8H2,1H3,(H2,18,25,26)(H,19,20,21)/t11-,13+,15-/m0/s1. The number of aliphatic hydroxyl groups excluding tert-OH is 1. The van der Waals surface area contributed by atoms with E-state index in [1.807, 2.05) is 29.8 Å². The fourth-order valence-electron chi connectivity index (χ4n) is 3.74. The summed E-state index contributed by atoms with van der Waals surface area (Å²) in [7, 11) is -4.03. The highest BCUT2D eigenvalue weighted by Gasteiger charge is 2.35. The maximum Gasteiger partial charge on any atom is 0.333 e. The summed E-state index contributed by atoms with van der Waals surface area (Å²) in [6.07, 6.45) is 3.69. The van der Waals surface area contributed by atoms with E-state index in [1.165, 1.54) is 6.33 Å². The topological polar surface area (TPSA) is 158 Å². The molecule has 0 amide bonds. The Balaban J connectivity index is 1.50. The van der Waals surface area contributed by atoms with Crippen LogP contribution in [0.15, 0.2) is 29.2 Å². The minimum absolute atomic E-state index is 0.0440. The van der Waals surface area contributed by atoms with Crippen LogP contribution in [0.2, 0.25) is 0 Å². The lowest BCUT2D eigenvalue weighted by Gasteiger charge is -2.14. The predicted molar refractivity (Wildman–Crippen MR) is 103 cm³/mol. The zero-order valence-corrected chi connectivity index (χ0v) is 16.5. The monoisotopic (exact) mass is 422 g/mol. The van der Waals surface area contributed by atoms with Crippen LogP contribution in [-0.4, -0.2) is 45.9 Å². The Kier molecular flexibility index (Phi) is 5.25. The molecule has 3 heterocycles. The van der Waals surface area contributed by atoms with E-state index < -0.39 is 16.4 Å². The number of nitrogens with two attached hydrogens (primary N) is 1. The molecule has 0 aromatic carbocycles. The van der Waals surface area contributed by atoms with Gasteiger partial charge >= 0.3 is 10.3 Å². The number of nitrogens with zero attached hydrogens (tertiary/aromatic N) is 4. The molecule has 156 valence electrons. The van der Waals surface area contributed by atoms with Gasteiger partial charge in [0.1, 0.15) is 29.2 Å². The number of hydrogen-bond acceptors (Lipinski definition) is 9. The van der Waals surface area contributed by atoms with Gasteiger partial charge < -0.3 is 19.5 Å². The highest BCUT2D eigenvalue weighted by molar-refractivity contribution is 7.84. The summed E-state index contributed by atoms with van der Waals surface area (Å²) < 4.78 is 33.7. The maximum atomic E-state index is 11.0. The molecular weight excluding hydrogens is 400 g/mol. The largest absolute Gasteiger partial charge is 0.393 e. The van der Waals surface area contributed by atoms with Crippen LogP contribution in [0.3, 0.4) is 0 Å². The number of rotatable bonds is 7. The van der Waals surface area contributed by atoms with Crippen LogP contribution in [0, 0.1) is 12.8 Å². The third-order valence-corrected chi connectivity index (χ3v) is 5.56. The van der Waals surface area contributed by atoms with E-state index in [0.29, 0.717) is 25.2 Å². The first-order chi connectivity index (χ1) is 13.8. The molecule has 11 nitrogen and oxygen atoms in total. The quantitative estimate of drug-likeness (QED) is 0.502. The van der Waals surface area contributed by atoms with Crippen LogP contribution in [0.4, 0.5) is 5.82 Å². The van der Waals surface area contributed by atoms with E-state index in [-0.39, 0.29) is 18.6 Å². The van der Waals surface area contributed by atoms with Gasteiger partial charge in [0.15, 0.2) is 0 Å². The van der Waals surface area contributed by atoms with Crippen LogP contribution in [0.1, 0.15) is 30.3 Å². The number of anilines is 1. The summed E-state index contributed by atoms with van der Waals surface area (Å²) in [4.78, 5) is 8.70. The molecule has 29 heavy (non-hydrogen) atoms. The summed E-state index contributed by atoms with van der Waals surface area (Å²) in [6.45, 7) is 2.15. The first-order valence-electron chi connectivity index (χ1n) is 9.13. The Morgan fingerprint density at radius 1 is 1.41 bits per heavy atom. The van der Waals surface area contributed by atoms with Crippen LogP contribution < -0.4 is 10.5 Å². The minimum Gasteiger partial charge on any atom is -0.393 e. The van der Waals surface area contributed by atoms with Gasteiger partial charge in [-0.25, -0.2) is 15.1 Å². The Labute approximate surface area is 167 Å². The molecule has 4 rings (SSSR count). The molecule has 1 saturated carbocycles. The number of fused-ring (bicyclic) bond motifs is 1. The average Bonchev–Trinajstić information content (AvgIpc) is 3.36. The van der Waals surface area contributed by atoms with Crippen molar-refractivity contribution in [3.63, 3.8) is 0 Å². The van der Waals surface area contributed by atoms with Crippen molar-refractivity contribution < 1.29 is 22.2 Å². The van der Waals surface area contributed by atoms with Crippen LogP contribution >= 0.6 is 0 Å². The minimum atomic E-state index is -4.03. The molecule has 0 aliphatic heterocycles. The zero-order chi connectivity index (χ0) is 20.6. The third kappa shape index (κ3) is 4.40. The van der Waals surface area contributed by atoms with Crippen molar-refractivity contribution in [2.45, 2.75) is 38.5 Å². The molecule has 3 aromatic heterocycles. The van der Waals surface area contributed by atoms with Gasteiger partial charge in [0.05, 0.1) is 24.6 Å². The van der Waals surface area contributed by atoms with E-state index in [2.05, 4.69) is 24.6 Å². The SMILES string of the molecule is Cc1cc(CNc2ncnc3c2ccn3[C@@H]2C[C@@H](COS(N)(=O)=O)[C@@H](O)C2)no1. The first-order valence-corrected chi connectivity index (χ1v) is 10.6. The zero-order valence-electron chi connectivity index (χ0n) is 15.7. The molecule has 0 radical (unpaired) electrons. The summed E-state index contributed by atoms with van der Waals surface area (Å²) in [5.41, 5.74) is 1.49. The fourth-order valence-corrected chi connectivity index (χ4v) is 4.11. The smallest absolute Gasteiger partial charge is 0.333 e. The number of nitrogens with one attached hydrogen (secondary N) is 1. The van der Waals surface area contributed by atoms with E-state index in [9.17, 15) is 13.5 Å². The maximum absolute atomic E-state index is 11.0. The van der Waals surface area contributed by atoms with Gasteiger partial charge in [-0.3, -0.25) is 4.18 Å². The number of aryl methyl sites for hydroxylation is 1. The van der Waals surface area contributed by atoms with Crippen molar-refractivity contribution in [3.8, 4) is 0 Å².